The lowest BCUT2D eigenvalue weighted by molar-refractivity contribution is 0.318. The van der Waals surface area contributed by atoms with E-state index in [0.29, 0.717) is 11.6 Å². The fourth-order valence-corrected chi connectivity index (χ4v) is 1.77. The third-order valence-electron chi connectivity index (χ3n) is 3.14. The molecular weight excluding hydrogens is 204 g/mol. The van der Waals surface area contributed by atoms with Gasteiger partial charge in [-0.05, 0) is 31.4 Å². The van der Waals surface area contributed by atoms with Gasteiger partial charge in [-0.1, -0.05) is 5.16 Å². The zero-order chi connectivity index (χ0) is 11.5. The third-order valence-corrected chi connectivity index (χ3v) is 3.14. The predicted octanol–water partition coefficient (Wildman–Crippen LogP) is 1.16. The van der Waals surface area contributed by atoms with Gasteiger partial charge >= 0.3 is 0 Å². The molecule has 0 aromatic carbocycles. The maximum atomic E-state index is 8.53. The zero-order valence-electron chi connectivity index (χ0n) is 9.30. The van der Waals surface area contributed by atoms with Gasteiger partial charge in [0.1, 0.15) is 5.82 Å². The highest BCUT2D eigenvalue weighted by molar-refractivity contribution is 5.96. The summed E-state index contributed by atoms with van der Waals surface area (Å²) in [4.78, 5) is 6.48. The smallest absolute Gasteiger partial charge is 0.171 e. The molecule has 0 amide bonds. The summed E-state index contributed by atoms with van der Waals surface area (Å²) in [5.41, 5.74) is 6.10. The number of nitrogens with zero attached hydrogens (tertiary/aromatic N) is 3. The van der Waals surface area contributed by atoms with Crippen molar-refractivity contribution in [2.45, 2.75) is 25.3 Å². The largest absolute Gasteiger partial charge is 0.409 e. The minimum absolute atomic E-state index is 0.0883. The van der Waals surface area contributed by atoms with Crippen molar-refractivity contribution in [1.82, 2.24) is 4.98 Å². The zero-order valence-corrected chi connectivity index (χ0v) is 9.30. The molecule has 3 N–H and O–H groups in total. The Bertz CT molecular complexity index is 383. The van der Waals surface area contributed by atoms with Crippen molar-refractivity contribution in [3.63, 3.8) is 0 Å². The molecule has 0 saturated heterocycles. The van der Waals surface area contributed by atoms with Gasteiger partial charge in [-0.2, -0.15) is 0 Å². The van der Waals surface area contributed by atoms with E-state index in [0.717, 1.165) is 5.82 Å². The summed E-state index contributed by atoms with van der Waals surface area (Å²) < 4.78 is 0. The fourth-order valence-electron chi connectivity index (χ4n) is 1.77. The van der Waals surface area contributed by atoms with Gasteiger partial charge in [-0.25, -0.2) is 4.98 Å². The van der Waals surface area contributed by atoms with E-state index in [-0.39, 0.29) is 5.84 Å². The Labute approximate surface area is 94.6 Å². The summed E-state index contributed by atoms with van der Waals surface area (Å²) in [6.45, 7) is 0. The van der Waals surface area contributed by atoms with Crippen LogP contribution in [-0.2, 0) is 0 Å². The highest BCUT2D eigenvalue weighted by Crippen LogP contribution is 2.26. The van der Waals surface area contributed by atoms with Crippen LogP contribution >= 0.6 is 0 Å². The van der Waals surface area contributed by atoms with Gasteiger partial charge in [0.25, 0.3) is 0 Å². The Morgan fingerprint density at radius 2 is 2.31 bits per heavy atom. The molecule has 2 rings (SSSR count). The lowest BCUT2D eigenvalue weighted by Crippen LogP contribution is -2.37. The highest BCUT2D eigenvalue weighted by Gasteiger charge is 2.22. The minimum Gasteiger partial charge on any atom is -0.409 e. The molecule has 1 aromatic rings. The standard InChI is InChI=1S/C11H16N4O/c1-15(9-3-2-4-9)10-6-5-8(7-13-10)11(12)14-16/h5-7,9,16H,2-4H2,1H3,(H2,12,14). The SMILES string of the molecule is CN(c1ccc(/C(N)=N/O)cn1)C1CCC1. The molecule has 0 spiro atoms. The van der Waals surface area contributed by atoms with Crippen molar-refractivity contribution < 1.29 is 5.21 Å². The number of rotatable bonds is 3. The number of hydrogen-bond acceptors (Lipinski definition) is 4. The maximum absolute atomic E-state index is 8.53. The lowest BCUT2D eigenvalue weighted by Gasteiger charge is -2.35. The maximum Gasteiger partial charge on any atom is 0.171 e. The Morgan fingerprint density at radius 1 is 1.56 bits per heavy atom. The van der Waals surface area contributed by atoms with E-state index >= 15 is 0 Å². The first-order chi connectivity index (χ1) is 7.72. The summed E-state index contributed by atoms with van der Waals surface area (Å²) in [7, 11) is 2.05. The van der Waals surface area contributed by atoms with Crippen LogP contribution in [0.25, 0.3) is 0 Å². The van der Waals surface area contributed by atoms with Crippen molar-refractivity contribution in [2.75, 3.05) is 11.9 Å². The van der Waals surface area contributed by atoms with Crippen molar-refractivity contribution >= 4 is 11.7 Å². The molecule has 0 radical (unpaired) electrons. The number of pyridine rings is 1. The van der Waals surface area contributed by atoms with Gasteiger partial charge in [0, 0.05) is 24.8 Å². The van der Waals surface area contributed by atoms with Crippen LogP contribution in [0.1, 0.15) is 24.8 Å². The second kappa shape index (κ2) is 4.38. The molecule has 1 aromatic heterocycles. The predicted molar refractivity (Wildman–Crippen MR) is 62.8 cm³/mol. The lowest BCUT2D eigenvalue weighted by atomic mass is 9.92. The van der Waals surface area contributed by atoms with E-state index in [4.69, 9.17) is 10.9 Å². The summed E-state index contributed by atoms with van der Waals surface area (Å²) in [6, 6.07) is 4.32. The number of aromatic nitrogens is 1. The van der Waals surface area contributed by atoms with E-state index < -0.39 is 0 Å². The Morgan fingerprint density at radius 3 is 2.75 bits per heavy atom. The molecule has 1 fully saturated rings. The Kier molecular flexibility index (Phi) is 2.94. The third kappa shape index (κ3) is 1.93. The van der Waals surface area contributed by atoms with E-state index in [9.17, 15) is 0 Å². The van der Waals surface area contributed by atoms with Crippen LogP contribution in [0.2, 0.25) is 0 Å². The van der Waals surface area contributed by atoms with Gasteiger partial charge in [-0.3, -0.25) is 0 Å². The van der Waals surface area contributed by atoms with Crippen molar-refractivity contribution in [3.05, 3.63) is 23.9 Å². The van der Waals surface area contributed by atoms with E-state index in [1.165, 1.54) is 19.3 Å². The highest BCUT2D eigenvalue weighted by atomic mass is 16.4. The Hall–Kier alpha value is -1.78. The molecule has 1 heterocycles. The van der Waals surface area contributed by atoms with Crippen LogP contribution in [0.5, 0.6) is 0 Å². The van der Waals surface area contributed by atoms with Crippen molar-refractivity contribution in [3.8, 4) is 0 Å². The fraction of sp³-hybridized carbons (Fsp3) is 0.455. The number of anilines is 1. The van der Waals surface area contributed by atoms with Gasteiger partial charge in [0.2, 0.25) is 0 Å². The van der Waals surface area contributed by atoms with Crippen LogP contribution in [0.3, 0.4) is 0 Å². The first kappa shape index (κ1) is 10.7. The number of oxime groups is 1. The van der Waals surface area contributed by atoms with Crippen LogP contribution < -0.4 is 10.6 Å². The monoisotopic (exact) mass is 220 g/mol. The summed E-state index contributed by atoms with van der Waals surface area (Å²) in [5.74, 6) is 1.02. The average Bonchev–Trinajstić information content (AvgIpc) is 2.26. The molecule has 0 unspecified atom stereocenters. The summed E-state index contributed by atoms with van der Waals surface area (Å²) in [6.07, 6.45) is 5.40. The first-order valence-corrected chi connectivity index (χ1v) is 5.39. The molecule has 1 aliphatic rings. The first-order valence-electron chi connectivity index (χ1n) is 5.39. The number of amidine groups is 1. The van der Waals surface area contributed by atoms with Crippen molar-refractivity contribution in [2.24, 2.45) is 10.9 Å². The van der Waals surface area contributed by atoms with Gasteiger partial charge in [0.05, 0.1) is 0 Å². The minimum atomic E-state index is 0.0883. The van der Waals surface area contributed by atoms with E-state index in [2.05, 4.69) is 22.1 Å². The molecule has 0 atom stereocenters. The average molecular weight is 220 g/mol. The van der Waals surface area contributed by atoms with E-state index in [1.54, 1.807) is 6.20 Å². The Balaban J connectivity index is 2.12. The van der Waals surface area contributed by atoms with Crippen LogP contribution in [0.15, 0.2) is 23.5 Å². The second-order valence-electron chi connectivity index (χ2n) is 4.09. The summed E-state index contributed by atoms with van der Waals surface area (Å²) >= 11 is 0. The molecule has 1 saturated carbocycles. The normalized spacial score (nSPS) is 16.9. The number of nitrogens with two attached hydrogens (primary N) is 1. The van der Waals surface area contributed by atoms with Crippen LogP contribution in [-0.4, -0.2) is 29.1 Å². The summed E-state index contributed by atoms with van der Waals surface area (Å²) in [5, 5.41) is 11.5. The molecular formula is C11H16N4O. The molecule has 0 aliphatic heterocycles. The molecule has 5 heteroatoms. The van der Waals surface area contributed by atoms with Gasteiger partial charge in [-0.15, -0.1) is 0 Å². The van der Waals surface area contributed by atoms with Gasteiger partial charge < -0.3 is 15.8 Å². The molecule has 16 heavy (non-hydrogen) atoms. The number of hydrogen-bond donors (Lipinski definition) is 2. The molecule has 1 aliphatic carbocycles. The van der Waals surface area contributed by atoms with Crippen LogP contribution in [0, 0.1) is 0 Å². The molecule has 0 bridgehead atoms. The quantitative estimate of drug-likeness (QED) is 0.347. The topological polar surface area (TPSA) is 74.7 Å². The van der Waals surface area contributed by atoms with Crippen molar-refractivity contribution in [1.29, 1.82) is 0 Å². The molecule has 5 nitrogen and oxygen atoms in total. The molecule has 86 valence electrons. The van der Waals surface area contributed by atoms with E-state index in [1.807, 2.05) is 12.1 Å². The van der Waals surface area contributed by atoms with Gasteiger partial charge in [0.15, 0.2) is 5.84 Å². The second-order valence-corrected chi connectivity index (χ2v) is 4.09. The van der Waals surface area contributed by atoms with Crippen LogP contribution in [0.4, 0.5) is 5.82 Å².